The minimum absolute atomic E-state index is 0.417. The summed E-state index contributed by atoms with van der Waals surface area (Å²) >= 11 is 1.45. The number of anilines is 2. The lowest BCUT2D eigenvalue weighted by Crippen LogP contribution is -2.31. The Morgan fingerprint density at radius 2 is 2.29 bits per heavy atom. The second-order valence-corrected chi connectivity index (χ2v) is 7.39. The van der Waals surface area contributed by atoms with Crippen molar-refractivity contribution in [3.05, 3.63) is 24.5 Å². The van der Waals surface area contributed by atoms with Crippen LogP contribution in [0.5, 0.6) is 0 Å². The summed E-state index contributed by atoms with van der Waals surface area (Å²) in [5.74, 6) is 0.588. The third kappa shape index (κ3) is 3.18. The maximum atomic E-state index is 6.06. The summed E-state index contributed by atoms with van der Waals surface area (Å²) in [7, 11) is 0. The lowest BCUT2D eigenvalue weighted by molar-refractivity contribution is 0.230. The number of nitrogens with two attached hydrogens (primary N) is 1. The van der Waals surface area contributed by atoms with Gasteiger partial charge in [0.25, 0.3) is 0 Å². The summed E-state index contributed by atoms with van der Waals surface area (Å²) in [6.45, 7) is 4.70. The lowest BCUT2D eigenvalue weighted by Gasteiger charge is -2.35. The normalized spacial score (nSPS) is 21.1. The van der Waals surface area contributed by atoms with E-state index in [1.807, 2.05) is 18.3 Å². The molecule has 5 heteroatoms. The summed E-state index contributed by atoms with van der Waals surface area (Å²) < 4.78 is 4.32. The molecule has 1 saturated carbocycles. The van der Waals surface area contributed by atoms with Crippen molar-refractivity contribution in [3.63, 3.8) is 0 Å². The average Bonchev–Trinajstić information content (AvgIpc) is 2.79. The van der Waals surface area contributed by atoms with Gasteiger partial charge in [-0.1, -0.05) is 26.3 Å². The molecule has 0 saturated heterocycles. The van der Waals surface area contributed by atoms with Crippen LogP contribution >= 0.6 is 11.5 Å². The highest BCUT2D eigenvalue weighted by Gasteiger charge is 2.29. The predicted molar refractivity (Wildman–Crippen MR) is 89.4 cm³/mol. The van der Waals surface area contributed by atoms with Gasteiger partial charge in [-0.25, -0.2) is 0 Å². The summed E-state index contributed by atoms with van der Waals surface area (Å²) in [6, 6.07) is 4.47. The van der Waals surface area contributed by atoms with Crippen LogP contribution in [-0.4, -0.2) is 15.4 Å². The second-order valence-electron chi connectivity index (χ2n) is 6.62. The summed E-state index contributed by atoms with van der Waals surface area (Å²) in [6.07, 6.45) is 8.62. The van der Waals surface area contributed by atoms with Gasteiger partial charge < -0.3 is 11.1 Å². The molecule has 1 aliphatic rings. The summed E-state index contributed by atoms with van der Waals surface area (Å²) in [5.41, 5.74) is 8.51. The SMILES string of the molecule is CC1(C)CCCC(Nc2snc(N)c2-c2cccnc2)C1. The fourth-order valence-corrected chi connectivity index (χ4v) is 4.01. The molecule has 1 unspecified atom stereocenters. The average molecular weight is 302 g/mol. The smallest absolute Gasteiger partial charge is 0.147 e. The number of hydrogen-bond donors (Lipinski definition) is 2. The second kappa shape index (κ2) is 5.64. The third-order valence-electron chi connectivity index (χ3n) is 4.21. The Balaban J connectivity index is 1.84. The van der Waals surface area contributed by atoms with Gasteiger partial charge in [-0.15, -0.1) is 0 Å². The van der Waals surface area contributed by atoms with Gasteiger partial charge in [-0.2, -0.15) is 4.37 Å². The van der Waals surface area contributed by atoms with Gasteiger partial charge in [0.2, 0.25) is 0 Å². The van der Waals surface area contributed by atoms with E-state index >= 15 is 0 Å². The van der Waals surface area contributed by atoms with Gasteiger partial charge >= 0.3 is 0 Å². The number of pyridine rings is 1. The molecular formula is C16H22N4S. The van der Waals surface area contributed by atoms with E-state index < -0.39 is 0 Å². The molecule has 21 heavy (non-hydrogen) atoms. The molecule has 0 aromatic carbocycles. The van der Waals surface area contributed by atoms with Crippen LogP contribution in [0.4, 0.5) is 10.8 Å². The molecule has 1 atom stereocenters. The fourth-order valence-electron chi connectivity index (χ4n) is 3.20. The Hall–Kier alpha value is -1.62. The van der Waals surface area contributed by atoms with Crippen molar-refractivity contribution in [1.29, 1.82) is 0 Å². The zero-order chi connectivity index (χ0) is 14.9. The molecular weight excluding hydrogens is 280 g/mol. The molecule has 0 aliphatic heterocycles. The van der Waals surface area contributed by atoms with E-state index in [0.717, 1.165) is 16.1 Å². The predicted octanol–water partition coefficient (Wildman–Crippen LogP) is 4.17. The van der Waals surface area contributed by atoms with Gasteiger partial charge in [-0.05, 0) is 42.3 Å². The highest BCUT2D eigenvalue weighted by molar-refractivity contribution is 7.11. The molecule has 1 aliphatic carbocycles. The molecule has 0 spiro atoms. The van der Waals surface area contributed by atoms with Crippen LogP contribution in [0.3, 0.4) is 0 Å². The van der Waals surface area contributed by atoms with Crippen LogP contribution in [0.15, 0.2) is 24.5 Å². The monoisotopic (exact) mass is 302 g/mol. The van der Waals surface area contributed by atoms with Crippen molar-refractivity contribution in [2.24, 2.45) is 5.41 Å². The van der Waals surface area contributed by atoms with Crippen LogP contribution in [-0.2, 0) is 0 Å². The van der Waals surface area contributed by atoms with E-state index in [4.69, 9.17) is 5.73 Å². The Morgan fingerprint density at radius 1 is 1.43 bits per heavy atom. The largest absolute Gasteiger partial charge is 0.382 e. The minimum Gasteiger partial charge on any atom is -0.382 e. The van der Waals surface area contributed by atoms with E-state index in [1.54, 1.807) is 6.20 Å². The molecule has 2 heterocycles. The molecule has 0 radical (unpaired) electrons. The highest BCUT2D eigenvalue weighted by atomic mass is 32.1. The van der Waals surface area contributed by atoms with Crippen molar-refractivity contribution in [2.75, 3.05) is 11.1 Å². The van der Waals surface area contributed by atoms with E-state index in [9.17, 15) is 0 Å². The number of hydrogen-bond acceptors (Lipinski definition) is 5. The highest BCUT2D eigenvalue weighted by Crippen LogP contribution is 2.40. The first-order chi connectivity index (χ1) is 10.1. The first-order valence-electron chi connectivity index (χ1n) is 7.47. The van der Waals surface area contributed by atoms with Crippen LogP contribution in [0, 0.1) is 5.41 Å². The van der Waals surface area contributed by atoms with Crippen LogP contribution in [0.25, 0.3) is 11.1 Å². The van der Waals surface area contributed by atoms with E-state index in [1.165, 1.54) is 37.2 Å². The Morgan fingerprint density at radius 3 is 3.00 bits per heavy atom. The molecule has 2 aromatic heterocycles. The first kappa shape index (κ1) is 14.3. The van der Waals surface area contributed by atoms with Crippen LogP contribution in [0.1, 0.15) is 39.5 Å². The van der Waals surface area contributed by atoms with Crippen LogP contribution < -0.4 is 11.1 Å². The van der Waals surface area contributed by atoms with E-state index in [-0.39, 0.29) is 0 Å². The number of rotatable bonds is 3. The van der Waals surface area contributed by atoms with Crippen LogP contribution in [0.2, 0.25) is 0 Å². The molecule has 0 bridgehead atoms. The Kier molecular flexibility index (Phi) is 3.85. The number of nitrogen functional groups attached to an aromatic ring is 1. The maximum absolute atomic E-state index is 6.06. The topological polar surface area (TPSA) is 63.8 Å². The quantitative estimate of drug-likeness (QED) is 0.893. The standard InChI is InChI=1S/C16H22N4S/c1-16(2)7-3-6-12(9-16)19-15-13(14(17)20-21-15)11-5-4-8-18-10-11/h4-5,8,10,12,19H,3,6-7,9H2,1-2H3,(H2,17,20). The van der Waals surface area contributed by atoms with Gasteiger partial charge in [0.05, 0.1) is 5.56 Å². The van der Waals surface area contributed by atoms with Gasteiger partial charge in [0, 0.05) is 24.0 Å². The molecule has 3 rings (SSSR count). The van der Waals surface area contributed by atoms with Gasteiger partial charge in [0.1, 0.15) is 10.8 Å². The van der Waals surface area contributed by atoms with Gasteiger partial charge in [-0.3, -0.25) is 4.98 Å². The van der Waals surface area contributed by atoms with Crippen molar-refractivity contribution >= 4 is 22.4 Å². The summed E-state index contributed by atoms with van der Waals surface area (Å²) in [4.78, 5) is 4.19. The summed E-state index contributed by atoms with van der Waals surface area (Å²) in [5, 5.41) is 4.75. The molecule has 2 aromatic rings. The first-order valence-corrected chi connectivity index (χ1v) is 8.25. The molecule has 4 nitrogen and oxygen atoms in total. The Bertz CT molecular complexity index is 606. The van der Waals surface area contributed by atoms with Crippen molar-refractivity contribution < 1.29 is 0 Å². The lowest BCUT2D eigenvalue weighted by atomic mass is 9.75. The third-order valence-corrected chi connectivity index (χ3v) is 5.00. The van der Waals surface area contributed by atoms with Gasteiger partial charge in [0.15, 0.2) is 0 Å². The number of nitrogens with one attached hydrogen (secondary N) is 1. The molecule has 1 fully saturated rings. The number of aromatic nitrogens is 2. The zero-order valence-corrected chi connectivity index (χ0v) is 13.4. The zero-order valence-electron chi connectivity index (χ0n) is 12.6. The van der Waals surface area contributed by atoms with Crippen molar-refractivity contribution in [2.45, 2.75) is 45.6 Å². The molecule has 3 N–H and O–H groups in total. The number of nitrogens with zero attached hydrogens (tertiary/aromatic N) is 2. The fraction of sp³-hybridized carbons (Fsp3) is 0.500. The maximum Gasteiger partial charge on any atom is 0.147 e. The molecule has 112 valence electrons. The van der Waals surface area contributed by atoms with Crippen molar-refractivity contribution in [3.8, 4) is 11.1 Å². The molecule has 0 amide bonds. The Labute approximate surface area is 130 Å². The van der Waals surface area contributed by atoms with E-state index in [2.05, 4.69) is 28.5 Å². The van der Waals surface area contributed by atoms with E-state index in [0.29, 0.717) is 17.3 Å². The van der Waals surface area contributed by atoms with Crippen molar-refractivity contribution in [1.82, 2.24) is 9.36 Å². The minimum atomic E-state index is 0.417.